The van der Waals surface area contributed by atoms with Gasteiger partial charge < -0.3 is 10.3 Å². The van der Waals surface area contributed by atoms with Crippen LogP contribution in [0.2, 0.25) is 0 Å². The molecular formula is C13H15N5O. The van der Waals surface area contributed by atoms with E-state index in [0.29, 0.717) is 17.9 Å². The Kier molecular flexibility index (Phi) is 4.04. The fourth-order valence-corrected chi connectivity index (χ4v) is 1.64. The second-order valence-corrected chi connectivity index (χ2v) is 4.10. The predicted molar refractivity (Wildman–Crippen MR) is 72.1 cm³/mol. The quantitative estimate of drug-likeness (QED) is 0.631. The van der Waals surface area contributed by atoms with Crippen molar-refractivity contribution in [2.45, 2.75) is 6.54 Å². The van der Waals surface area contributed by atoms with E-state index in [9.17, 15) is 4.79 Å². The summed E-state index contributed by atoms with van der Waals surface area (Å²) in [6.07, 6.45) is 4.95. The number of carbonyl (C=O) groups excluding carboxylic acids is 1. The van der Waals surface area contributed by atoms with Gasteiger partial charge in [0.1, 0.15) is 5.69 Å². The first-order chi connectivity index (χ1) is 9.20. The van der Waals surface area contributed by atoms with Crippen molar-refractivity contribution in [3.05, 3.63) is 54.1 Å². The van der Waals surface area contributed by atoms with Gasteiger partial charge in [0.15, 0.2) is 0 Å². The topological polar surface area (TPSA) is 84.1 Å². The molecule has 0 saturated heterocycles. The lowest BCUT2D eigenvalue weighted by molar-refractivity contribution is 0.0779. The molecule has 6 nitrogen and oxygen atoms in total. The highest BCUT2D eigenvalue weighted by atomic mass is 16.2. The van der Waals surface area contributed by atoms with Gasteiger partial charge >= 0.3 is 0 Å². The van der Waals surface area contributed by atoms with E-state index in [1.807, 2.05) is 12.1 Å². The van der Waals surface area contributed by atoms with Gasteiger partial charge in [0.05, 0.1) is 11.9 Å². The largest absolute Gasteiger partial charge is 0.336 e. The molecule has 1 amide bonds. The van der Waals surface area contributed by atoms with E-state index >= 15 is 0 Å². The van der Waals surface area contributed by atoms with Crippen LogP contribution in [-0.2, 0) is 6.54 Å². The van der Waals surface area contributed by atoms with Crippen molar-refractivity contribution >= 4 is 11.6 Å². The molecule has 2 aromatic heterocycles. The molecule has 0 bridgehead atoms. The van der Waals surface area contributed by atoms with Crippen LogP contribution < -0.4 is 11.3 Å². The monoisotopic (exact) mass is 257 g/mol. The molecule has 0 unspecified atom stereocenters. The molecule has 0 aliphatic carbocycles. The lowest BCUT2D eigenvalue weighted by Crippen LogP contribution is -2.27. The second-order valence-electron chi connectivity index (χ2n) is 4.10. The maximum absolute atomic E-state index is 12.1. The van der Waals surface area contributed by atoms with Crippen molar-refractivity contribution < 1.29 is 4.79 Å². The molecule has 6 heteroatoms. The SMILES string of the molecule is CN(Cc1cccnc1)C(=O)c1ccc(NN)cn1. The number of anilines is 1. The molecular weight excluding hydrogens is 242 g/mol. The number of rotatable bonds is 4. The van der Waals surface area contributed by atoms with Gasteiger partial charge in [-0.1, -0.05) is 6.07 Å². The van der Waals surface area contributed by atoms with Gasteiger partial charge in [-0.25, -0.2) is 4.98 Å². The Labute approximate surface area is 111 Å². The van der Waals surface area contributed by atoms with Gasteiger partial charge in [0, 0.05) is 26.0 Å². The lowest BCUT2D eigenvalue weighted by atomic mass is 10.2. The fourth-order valence-electron chi connectivity index (χ4n) is 1.64. The summed E-state index contributed by atoms with van der Waals surface area (Å²) in [7, 11) is 1.73. The summed E-state index contributed by atoms with van der Waals surface area (Å²) in [5.41, 5.74) is 4.48. The number of nitrogens with one attached hydrogen (secondary N) is 1. The molecule has 0 aliphatic rings. The number of carbonyl (C=O) groups is 1. The molecule has 0 atom stereocenters. The summed E-state index contributed by atoms with van der Waals surface area (Å²) in [6.45, 7) is 0.491. The van der Waals surface area contributed by atoms with Crippen molar-refractivity contribution in [2.24, 2.45) is 5.84 Å². The minimum Gasteiger partial charge on any atom is -0.336 e. The Bertz CT molecular complexity index is 541. The van der Waals surface area contributed by atoms with Gasteiger partial charge in [-0.3, -0.25) is 15.6 Å². The molecule has 98 valence electrons. The maximum Gasteiger partial charge on any atom is 0.272 e. The summed E-state index contributed by atoms with van der Waals surface area (Å²) in [5.74, 6) is 5.10. The van der Waals surface area contributed by atoms with Crippen LogP contribution in [0.25, 0.3) is 0 Å². The van der Waals surface area contributed by atoms with Crippen LogP contribution in [-0.4, -0.2) is 27.8 Å². The van der Waals surface area contributed by atoms with Gasteiger partial charge in [-0.2, -0.15) is 0 Å². The van der Waals surface area contributed by atoms with Crippen LogP contribution in [0, 0.1) is 0 Å². The normalized spacial score (nSPS) is 10.0. The van der Waals surface area contributed by atoms with Gasteiger partial charge in [0.2, 0.25) is 0 Å². The summed E-state index contributed by atoms with van der Waals surface area (Å²) < 4.78 is 0. The summed E-state index contributed by atoms with van der Waals surface area (Å²) in [4.78, 5) is 21.8. The zero-order chi connectivity index (χ0) is 13.7. The summed E-state index contributed by atoms with van der Waals surface area (Å²) >= 11 is 0. The molecule has 0 radical (unpaired) electrons. The highest BCUT2D eigenvalue weighted by Gasteiger charge is 2.13. The van der Waals surface area contributed by atoms with Crippen LogP contribution >= 0.6 is 0 Å². The molecule has 0 fully saturated rings. The number of hydrogen-bond donors (Lipinski definition) is 2. The number of hydrazine groups is 1. The number of aromatic nitrogens is 2. The Hall–Kier alpha value is -2.47. The first-order valence-electron chi connectivity index (χ1n) is 5.77. The minimum absolute atomic E-state index is 0.146. The number of hydrogen-bond acceptors (Lipinski definition) is 5. The molecule has 0 saturated carbocycles. The van der Waals surface area contributed by atoms with Crippen molar-refractivity contribution in [2.75, 3.05) is 12.5 Å². The lowest BCUT2D eigenvalue weighted by Gasteiger charge is -2.16. The molecule has 0 aromatic carbocycles. The smallest absolute Gasteiger partial charge is 0.272 e. The third kappa shape index (κ3) is 3.26. The Balaban J connectivity index is 2.06. The number of nitrogen functional groups attached to an aromatic ring is 1. The fraction of sp³-hybridized carbons (Fsp3) is 0.154. The van der Waals surface area contributed by atoms with Crippen LogP contribution in [0.3, 0.4) is 0 Å². The molecule has 2 heterocycles. The average Bonchev–Trinajstić information content (AvgIpc) is 2.47. The van der Waals surface area contributed by atoms with E-state index in [2.05, 4.69) is 15.4 Å². The van der Waals surface area contributed by atoms with E-state index < -0.39 is 0 Å². The third-order valence-corrected chi connectivity index (χ3v) is 2.64. The molecule has 0 aliphatic heterocycles. The Morgan fingerprint density at radius 1 is 1.37 bits per heavy atom. The zero-order valence-electron chi connectivity index (χ0n) is 10.6. The molecule has 0 spiro atoms. The highest BCUT2D eigenvalue weighted by Crippen LogP contribution is 2.08. The van der Waals surface area contributed by atoms with Gasteiger partial charge in [-0.15, -0.1) is 0 Å². The minimum atomic E-state index is -0.146. The van der Waals surface area contributed by atoms with Gasteiger partial charge in [0.25, 0.3) is 5.91 Å². The number of amides is 1. The predicted octanol–water partition coefficient (Wildman–Crippen LogP) is 1.03. The zero-order valence-corrected chi connectivity index (χ0v) is 10.6. The van der Waals surface area contributed by atoms with Crippen LogP contribution in [0.1, 0.15) is 16.1 Å². The summed E-state index contributed by atoms with van der Waals surface area (Å²) in [5, 5.41) is 0. The van der Waals surface area contributed by atoms with E-state index in [1.54, 1.807) is 36.5 Å². The van der Waals surface area contributed by atoms with E-state index in [-0.39, 0.29) is 5.91 Å². The molecule has 3 N–H and O–H groups in total. The van der Waals surface area contributed by atoms with Crippen molar-refractivity contribution in [3.63, 3.8) is 0 Å². The number of pyridine rings is 2. The van der Waals surface area contributed by atoms with E-state index in [0.717, 1.165) is 5.56 Å². The van der Waals surface area contributed by atoms with Gasteiger partial charge in [-0.05, 0) is 23.8 Å². The second kappa shape index (κ2) is 5.92. The third-order valence-electron chi connectivity index (χ3n) is 2.64. The molecule has 2 rings (SSSR count). The van der Waals surface area contributed by atoms with Crippen molar-refractivity contribution in [1.29, 1.82) is 0 Å². The first kappa shape index (κ1) is 13.0. The van der Waals surface area contributed by atoms with Crippen LogP contribution in [0.15, 0.2) is 42.9 Å². The number of nitrogens with zero attached hydrogens (tertiary/aromatic N) is 3. The van der Waals surface area contributed by atoms with Crippen LogP contribution in [0.4, 0.5) is 5.69 Å². The first-order valence-corrected chi connectivity index (χ1v) is 5.77. The van der Waals surface area contributed by atoms with Crippen LogP contribution in [0.5, 0.6) is 0 Å². The standard InChI is InChI=1S/C13H15N5O/c1-18(9-10-3-2-6-15-7-10)13(19)12-5-4-11(17-14)8-16-12/h2-8,17H,9,14H2,1H3. The van der Waals surface area contributed by atoms with E-state index in [4.69, 9.17) is 5.84 Å². The molecule has 2 aromatic rings. The Morgan fingerprint density at radius 3 is 2.79 bits per heavy atom. The van der Waals surface area contributed by atoms with Crippen molar-refractivity contribution in [1.82, 2.24) is 14.9 Å². The maximum atomic E-state index is 12.1. The van der Waals surface area contributed by atoms with E-state index in [1.165, 1.54) is 6.20 Å². The average molecular weight is 257 g/mol. The highest BCUT2D eigenvalue weighted by molar-refractivity contribution is 5.92. The Morgan fingerprint density at radius 2 is 2.21 bits per heavy atom. The van der Waals surface area contributed by atoms with Crippen molar-refractivity contribution in [3.8, 4) is 0 Å². The number of nitrogens with two attached hydrogens (primary N) is 1. The molecule has 19 heavy (non-hydrogen) atoms. The summed E-state index contributed by atoms with van der Waals surface area (Å²) in [6, 6.07) is 7.11.